The monoisotopic (exact) mass is 1020 g/mol. The van der Waals surface area contributed by atoms with Crippen LogP contribution in [0.1, 0.15) is 135 Å². The van der Waals surface area contributed by atoms with Crippen LogP contribution < -0.4 is 5.73 Å². The van der Waals surface area contributed by atoms with Crippen molar-refractivity contribution in [2.24, 2.45) is 11.1 Å². The summed E-state index contributed by atoms with van der Waals surface area (Å²) in [6.07, 6.45) is 25.0. The van der Waals surface area contributed by atoms with E-state index in [1.165, 1.54) is 11.0 Å². The van der Waals surface area contributed by atoms with E-state index in [2.05, 4.69) is 40.3 Å². The van der Waals surface area contributed by atoms with E-state index in [0.29, 0.717) is 35.6 Å². The van der Waals surface area contributed by atoms with Gasteiger partial charge in [-0.1, -0.05) is 34.6 Å². The number of terminal acetylenes is 1. The molecule has 400 valence electrons. The maximum atomic E-state index is 13.5. The number of oxime groups is 1. The molecule has 0 spiro atoms. The van der Waals surface area contributed by atoms with Gasteiger partial charge in [0.1, 0.15) is 29.9 Å². The number of amides is 2. The normalized spacial score (nSPS) is 24.9. The Bertz CT molecular complexity index is 2360. The second kappa shape index (κ2) is 31.8. The third kappa shape index (κ3) is 17.8. The molecule has 2 aromatic carbocycles. The van der Waals surface area contributed by atoms with E-state index >= 15 is 0 Å². The molecule has 8 heterocycles. The molecular formula is C54H74N10O10. The van der Waals surface area contributed by atoms with Gasteiger partial charge in [0.05, 0.1) is 54.2 Å². The second-order valence-corrected chi connectivity index (χ2v) is 18.6. The molecule has 6 aliphatic heterocycles. The Morgan fingerprint density at radius 1 is 0.784 bits per heavy atom. The van der Waals surface area contributed by atoms with Gasteiger partial charge in [0.25, 0.3) is 11.8 Å². The molecule has 2 aromatic heterocycles. The average Bonchev–Trinajstić information content (AvgIpc) is 4.30. The van der Waals surface area contributed by atoms with Gasteiger partial charge in [0.2, 0.25) is 0 Å². The summed E-state index contributed by atoms with van der Waals surface area (Å²) in [4.78, 5) is 41.1. The minimum atomic E-state index is -0.0833. The summed E-state index contributed by atoms with van der Waals surface area (Å²) in [6.45, 7) is 8.77. The van der Waals surface area contributed by atoms with E-state index in [1.807, 2.05) is 52.3 Å². The first-order valence-electron chi connectivity index (χ1n) is 25.6. The number of aldehydes is 1. The molecule has 20 nitrogen and oxygen atoms in total. The van der Waals surface area contributed by atoms with Crippen LogP contribution in [0.3, 0.4) is 0 Å². The number of carbonyl (C=O) groups is 3. The molecule has 10 rings (SSSR count). The molecule has 6 aliphatic rings. The minimum Gasteiger partial charge on any atom is -0.411 e. The van der Waals surface area contributed by atoms with Crippen LogP contribution in [-0.4, -0.2) is 154 Å². The van der Waals surface area contributed by atoms with Gasteiger partial charge < -0.3 is 64.9 Å². The van der Waals surface area contributed by atoms with E-state index < -0.39 is 0 Å². The van der Waals surface area contributed by atoms with Crippen LogP contribution in [0.15, 0.2) is 76.7 Å². The quantitative estimate of drug-likeness (QED) is 0.0280. The Labute approximate surface area is 433 Å². The van der Waals surface area contributed by atoms with Crippen molar-refractivity contribution in [3.8, 4) is 18.0 Å². The predicted octanol–water partition coefficient (Wildman–Crippen LogP) is 7.09. The van der Waals surface area contributed by atoms with Crippen molar-refractivity contribution >= 4 is 42.4 Å². The molecule has 6 fully saturated rings. The van der Waals surface area contributed by atoms with Crippen LogP contribution in [0.5, 0.6) is 0 Å². The van der Waals surface area contributed by atoms with E-state index in [1.54, 1.807) is 24.5 Å². The molecule has 6 saturated heterocycles. The van der Waals surface area contributed by atoms with Crippen molar-refractivity contribution in [3.05, 3.63) is 89.6 Å². The number of carbonyl (C=O) groups excluding carboxylic acids is 3. The molecule has 0 aliphatic carbocycles. The summed E-state index contributed by atoms with van der Waals surface area (Å²) >= 11 is 0. The molecule has 4 unspecified atom stereocenters. The second-order valence-electron chi connectivity index (χ2n) is 18.6. The topological polar surface area (TPSA) is 278 Å². The van der Waals surface area contributed by atoms with Crippen LogP contribution in [0.2, 0.25) is 0 Å². The van der Waals surface area contributed by atoms with Crippen LogP contribution in [-0.2, 0) is 23.7 Å². The molecule has 74 heavy (non-hydrogen) atoms. The Hall–Kier alpha value is -6.63. The van der Waals surface area contributed by atoms with E-state index in [4.69, 9.17) is 56.8 Å². The highest BCUT2D eigenvalue weighted by molar-refractivity contribution is 6.12. The summed E-state index contributed by atoms with van der Waals surface area (Å²) < 4.78 is 26.5. The Kier molecular flexibility index (Phi) is 25.1. The molecular weight excluding hydrogens is 949 g/mol. The van der Waals surface area contributed by atoms with Gasteiger partial charge in [-0.2, -0.15) is 15.0 Å². The summed E-state index contributed by atoms with van der Waals surface area (Å²) in [6, 6.07) is 17.0. The van der Waals surface area contributed by atoms with Crippen molar-refractivity contribution in [1.82, 2.24) is 30.0 Å². The zero-order valence-electron chi connectivity index (χ0n) is 42.7. The molecule has 0 saturated carbocycles. The number of hydrogen-bond donors (Lipinski definition) is 5. The molecule has 6 N–H and O–H groups in total. The zero-order valence-corrected chi connectivity index (χ0v) is 42.7. The highest BCUT2D eigenvalue weighted by atomic mass is 16.5. The standard InChI is InChI=1S/C22H25N5O3.C15H18N2O.C5H9NO2.C5H10O2.C5H8O2.C2H4N2/c1-15-8-9-16(21-13-18(25-30-21)20-7-4-12-29-20)14-26(15)22(28)17-5-2-3-6-19(17)27-23-10-11-24-27;1-3-12-9-8-11(2)17(10-12)15(18)13-6-4-5-7-14(13)16;7-6-4-5-2-1-3-8-5;2*6-4-5-2-1-3-7-5;3-1-2-4/h2-3,5-6,10-11,13,15-16,20H,4,7-9,12,14H2,1H3;1,4-7,11-12H,8-10,16H2,2H3;4-5,7H,1-3H2;5-6H,1-4H2;4-5H,1-3H2;1-4H/b;;6-4+;;;/t15-,16-,20?;11-,12-;;;;/m11..../s1. The van der Waals surface area contributed by atoms with E-state index in [0.717, 1.165) is 134 Å². The lowest BCUT2D eigenvalue weighted by molar-refractivity contribution is -0.115. The minimum absolute atomic E-state index is 0.0134. The smallest absolute Gasteiger partial charge is 0.256 e. The van der Waals surface area contributed by atoms with Gasteiger partial charge in [-0.15, -0.1) is 12.3 Å². The number of aromatic nitrogens is 4. The van der Waals surface area contributed by atoms with Gasteiger partial charge in [-0.05, 0) is 115 Å². The first-order valence-corrected chi connectivity index (χ1v) is 25.6. The Morgan fingerprint density at radius 3 is 1.93 bits per heavy atom. The number of nitrogens with zero attached hydrogens (tertiary/aromatic N) is 7. The number of para-hydroxylation sites is 2. The summed E-state index contributed by atoms with van der Waals surface area (Å²) in [5, 5.41) is 44.1. The highest BCUT2D eigenvalue weighted by Crippen LogP contribution is 2.35. The number of nitrogen functional groups attached to an aromatic ring is 1. The largest absolute Gasteiger partial charge is 0.411 e. The van der Waals surface area contributed by atoms with Crippen molar-refractivity contribution < 1.29 is 48.2 Å². The van der Waals surface area contributed by atoms with Gasteiger partial charge in [-0.3, -0.25) is 9.59 Å². The first kappa shape index (κ1) is 58.3. The van der Waals surface area contributed by atoms with Crippen LogP contribution in [0.4, 0.5) is 5.69 Å². The van der Waals surface area contributed by atoms with E-state index in [-0.39, 0.29) is 66.8 Å². The van der Waals surface area contributed by atoms with Crippen LogP contribution in [0.25, 0.3) is 5.69 Å². The number of nitrogens with one attached hydrogen (secondary N) is 2. The fourth-order valence-corrected chi connectivity index (χ4v) is 9.07. The molecule has 4 aromatic rings. The van der Waals surface area contributed by atoms with Crippen LogP contribution in [0, 0.1) is 29.1 Å². The van der Waals surface area contributed by atoms with Crippen molar-refractivity contribution in [2.45, 2.75) is 133 Å². The number of rotatable bonds is 9. The van der Waals surface area contributed by atoms with Crippen molar-refractivity contribution in [3.63, 3.8) is 0 Å². The fourth-order valence-electron chi connectivity index (χ4n) is 9.07. The zero-order chi connectivity index (χ0) is 53.1. The molecule has 20 heteroatoms. The number of aliphatic hydroxyl groups excluding tert-OH is 1. The first-order chi connectivity index (χ1) is 36.0. The van der Waals surface area contributed by atoms with Gasteiger partial charge in [0.15, 0.2) is 0 Å². The lowest BCUT2D eigenvalue weighted by Crippen LogP contribution is -2.45. The number of aliphatic hydroxyl groups is 1. The molecule has 2 amide bonds. The summed E-state index contributed by atoms with van der Waals surface area (Å²) in [7, 11) is 0. The van der Waals surface area contributed by atoms with Crippen molar-refractivity contribution in [1.29, 1.82) is 10.8 Å². The number of benzene rings is 2. The maximum absolute atomic E-state index is 13.5. The fraction of sp³-hybridized carbons (Fsp3) is 0.537. The third-order valence-electron chi connectivity index (χ3n) is 13.3. The Balaban J connectivity index is 0.000000193. The number of anilines is 1. The number of ether oxygens (including phenoxy) is 4. The molecule has 0 radical (unpaired) electrons. The Morgan fingerprint density at radius 2 is 1.38 bits per heavy atom. The summed E-state index contributed by atoms with van der Waals surface area (Å²) in [5.41, 5.74) is 9.10. The average molecular weight is 1020 g/mol. The third-order valence-corrected chi connectivity index (χ3v) is 13.3. The maximum Gasteiger partial charge on any atom is 0.256 e. The van der Waals surface area contributed by atoms with Crippen molar-refractivity contribution in [2.75, 3.05) is 51.9 Å². The number of likely N-dealkylation sites (tertiary alicyclic amines) is 2. The van der Waals surface area contributed by atoms with E-state index in [9.17, 15) is 14.4 Å². The van der Waals surface area contributed by atoms with Crippen LogP contribution >= 0.6 is 0 Å². The number of nitrogens with two attached hydrogens (primary N) is 1. The van der Waals surface area contributed by atoms with Gasteiger partial charge in [-0.25, -0.2) is 0 Å². The summed E-state index contributed by atoms with van der Waals surface area (Å²) in [5.74, 6) is 3.85. The lowest BCUT2D eigenvalue weighted by atomic mass is 9.90. The number of hydrogen-bond acceptors (Lipinski definition) is 17. The molecule has 0 bridgehead atoms. The lowest BCUT2D eigenvalue weighted by Gasteiger charge is -2.37. The number of piperidine rings is 2. The van der Waals surface area contributed by atoms with Gasteiger partial charge in [0, 0.05) is 87.6 Å². The predicted molar refractivity (Wildman–Crippen MR) is 279 cm³/mol. The van der Waals surface area contributed by atoms with Gasteiger partial charge >= 0.3 is 0 Å². The SMILES string of the molecule is C#C[C@@H]1CC[C@@H](C)N(C(=O)c2ccccc2N)C1.C[C@@H]1CC[C@@H](c2cc(C3CCCO3)no2)CN1C(=O)c1ccccc1-n1nccn1.N=CC=N.O/N=C/C1CCCO1.O=CC1CCCO1.OCC1CCCO1. The molecule has 8 atom stereocenters. The highest BCUT2D eigenvalue weighted by Gasteiger charge is 2.35.